The second kappa shape index (κ2) is 7.68. The maximum atomic E-state index is 14.1. The van der Waals surface area contributed by atoms with Crippen molar-refractivity contribution in [2.75, 3.05) is 12.4 Å². The molecule has 2 rings (SSSR count). The molecule has 0 aliphatic rings. The average molecular weight is 361 g/mol. The summed E-state index contributed by atoms with van der Waals surface area (Å²) in [7, 11) is 1.44. The summed E-state index contributed by atoms with van der Waals surface area (Å²) in [5, 5.41) is 2.52. The summed E-state index contributed by atoms with van der Waals surface area (Å²) < 4.78 is 24.7. The highest BCUT2D eigenvalue weighted by molar-refractivity contribution is 5.90. The number of hydrogen-bond donors (Lipinski definition) is 1. The fraction of sp³-hybridized carbons (Fsp3) is 0.421. The molecule has 2 aromatic rings. The number of carbonyl (C=O) groups excluding carboxylic acids is 1. The van der Waals surface area contributed by atoms with E-state index in [4.69, 9.17) is 9.47 Å². The molecule has 0 bridgehead atoms. The SMILES string of the molecule is COc1c(NC(=O)OC(C)(C)C)cc(F)cc1-c1cnc(C(C)C)cn1. The van der Waals surface area contributed by atoms with E-state index in [0.717, 1.165) is 5.69 Å². The minimum Gasteiger partial charge on any atom is -0.494 e. The van der Waals surface area contributed by atoms with Crippen molar-refractivity contribution < 1.29 is 18.7 Å². The third-order valence-corrected chi connectivity index (χ3v) is 3.43. The van der Waals surface area contributed by atoms with E-state index in [1.165, 1.54) is 19.2 Å². The molecule has 0 saturated carbocycles. The van der Waals surface area contributed by atoms with E-state index in [2.05, 4.69) is 15.3 Å². The van der Waals surface area contributed by atoms with E-state index in [9.17, 15) is 9.18 Å². The number of nitrogens with one attached hydrogen (secondary N) is 1. The molecule has 26 heavy (non-hydrogen) atoms. The molecule has 0 aliphatic carbocycles. The van der Waals surface area contributed by atoms with Crippen LogP contribution in [0.2, 0.25) is 0 Å². The number of aromatic nitrogens is 2. The van der Waals surface area contributed by atoms with E-state index >= 15 is 0 Å². The number of carbonyl (C=O) groups is 1. The first-order chi connectivity index (χ1) is 12.1. The molecule has 1 amide bonds. The molecule has 0 saturated heterocycles. The summed E-state index contributed by atoms with van der Waals surface area (Å²) in [6.45, 7) is 9.25. The minimum atomic E-state index is -0.700. The van der Waals surface area contributed by atoms with Gasteiger partial charge in [-0.15, -0.1) is 0 Å². The minimum absolute atomic E-state index is 0.159. The number of benzene rings is 1. The highest BCUT2D eigenvalue weighted by Gasteiger charge is 2.20. The Labute approximate surface area is 152 Å². The Bertz CT molecular complexity index is 784. The average Bonchev–Trinajstić information content (AvgIpc) is 2.52. The predicted molar refractivity (Wildman–Crippen MR) is 97.9 cm³/mol. The lowest BCUT2D eigenvalue weighted by Crippen LogP contribution is -2.27. The molecule has 6 nitrogen and oxygen atoms in total. The van der Waals surface area contributed by atoms with Gasteiger partial charge < -0.3 is 9.47 Å². The van der Waals surface area contributed by atoms with Gasteiger partial charge in [0.15, 0.2) is 5.75 Å². The predicted octanol–water partition coefficient (Wildman–Crippen LogP) is 4.76. The number of ether oxygens (including phenoxy) is 2. The lowest BCUT2D eigenvalue weighted by molar-refractivity contribution is 0.0635. The van der Waals surface area contributed by atoms with E-state index in [-0.39, 0.29) is 17.4 Å². The van der Waals surface area contributed by atoms with Crippen LogP contribution in [-0.2, 0) is 4.74 Å². The number of methoxy groups -OCH3 is 1. The number of hydrogen-bond acceptors (Lipinski definition) is 5. The number of amides is 1. The van der Waals surface area contributed by atoms with Crippen molar-refractivity contribution in [2.24, 2.45) is 0 Å². The second-order valence-electron chi connectivity index (χ2n) is 7.14. The van der Waals surface area contributed by atoms with Crippen molar-refractivity contribution in [1.29, 1.82) is 0 Å². The Morgan fingerprint density at radius 3 is 2.38 bits per heavy atom. The zero-order valence-corrected chi connectivity index (χ0v) is 15.9. The summed E-state index contributed by atoms with van der Waals surface area (Å²) in [6, 6.07) is 2.46. The first kappa shape index (κ1) is 19.6. The highest BCUT2D eigenvalue weighted by Crippen LogP contribution is 2.37. The molecule has 1 N–H and O–H groups in total. The molecule has 0 unspecified atom stereocenters. The molecule has 1 aromatic heterocycles. The normalized spacial score (nSPS) is 11.4. The van der Waals surface area contributed by atoms with Gasteiger partial charge in [-0.2, -0.15) is 0 Å². The molecule has 1 aromatic carbocycles. The van der Waals surface area contributed by atoms with Crippen LogP contribution in [0.25, 0.3) is 11.3 Å². The highest BCUT2D eigenvalue weighted by atomic mass is 19.1. The van der Waals surface area contributed by atoms with Gasteiger partial charge in [-0.25, -0.2) is 9.18 Å². The van der Waals surface area contributed by atoms with Gasteiger partial charge in [0.05, 0.1) is 30.4 Å². The number of anilines is 1. The number of rotatable bonds is 4. The van der Waals surface area contributed by atoms with E-state index in [1.54, 1.807) is 33.2 Å². The van der Waals surface area contributed by atoms with Gasteiger partial charge in [0.25, 0.3) is 0 Å². The molecule has 0 atom stereocenters. The summed E-state index contributed by atoms with van der Waals surface area (Å²) >= 11 is 0. The zero-order chi connectivity index (χ0) is 19.5. The van der Waals surface area contributed by atoms with Crippen molar-refractivity contribution in [2.45, 2.75) is 46.1 Å². The quantitative estimate of drug-likeness (QED) is 0.850. The van der Waals surface area contributed by atoms with E-state index < -0.39 is 17.5 Å². The summed E-state index contributed by atoms with van der Waals surface area (Å²) in [5.41, 5.74) is 1.15. The van der Waals surface area contributed by atoms with Gasteiger partial charge >= 0.3 is 6.09 Å². The lowest BCUT2D eigenvalue weighted by atomic mass is 10.1. The first-order valence-corrected chi connectivity index (χ1v) is 8.30. The molecule has 0 radical (unpaired) electrons. The van der Waals surface area contributed by atoms with Crippen LogP contribution in [-0.4, -0.2) is 28.8 Å². The molecule has 7 heteroatoms. The van der Waals surface area contributed by atoms with Gasteiger partial charge in [-0.05, 0) is 32.8 Å². The zero-order valence-electron chi connectivity index (χ0n) is 15.9. The van der Waals surface area contributed by atoms with Crippen LogP contribution in [0.3, 0.4) is 0 Å². The Morgan fingerprint density at radius 1 is 1.19 bits per heavy atom. The van der Waals surface area contributed by atoms with Crippen LogP contribution in [0, 0.1) is 5.82 Å². The van der Waals surface area contributed by atoms with Gasteiger partial charge in [0, 0.05) is 17.8 Å². The van der Waals surface area contributed by atoms with Gasteiger partial charge in [0.2, 0.25) is 0 Å². The number of halogens is 1. The number of nitrogens with zero attached hydrogens (tertiary/aromatic N) is 2. The van der Waals surface area contributed by atoms with Crippen molar-refractivity contribution in [1.82, 2.24) is 9.97 Å². The molecule has 0 fully saturated rings. The summed E-state index contributed by atoms with van der Waals surface area (Å²) in [6.07, 6.45) is 2.50. The van der Waals surface area contributed by atoms with Crippen molar-refractivity contribution in [3.05, 3.63) is 36.0 Å². The summed E-state index contributed by atoms with van der Waals surface area (Å²) in [5.74, 6) is -0.0270. The van der Waals surface area contributed by atoms with Crippen LogP contribution < -0.4 is 10.1 Å². The maximum Gasteiger partial charge on any atom is 0.412 e. The van der Waals surface area contributed by atoms with Gasteiger partial charge in [0.1, 0.15) is 11.4 Å². The second-order valence-corrected chi connectivity index (χ2v) is 7.14. The third-order valence-electron chi connectivity index (χ3n) is 3.43. The van der Waals surface area contributed by atoms with Crippen LogP contribution in [0.5, 0.6) is 5.75 Å². The maximum absolute atomic E-state index is 14.1. The Balaban J connectivity index is 2.41. The molecular weight excluding hydrogens is 337 g/mol. The first-order valence-electron chi connectivity index (χ1n) is 8.30. The standard InChI is InChI=1S/C19H24FN3O3/c1-11(2)15-9-22-16(10-21-15)13-7-12(20)8-14(17(13)25-6)23-18(24)26-19(3,4)5/h7-11H,1-6H3,(H,23,24). The fourth-order valence-electron chi connectivity index (χ4n) is 2.29. The smallest absolute Gasteiger partial charge is 0.412 e. The Kier molecular flexibility index (Phi) is 5.79. The fourth-order valence-corrected chi connectivity index (χ4v) is 2.29. The van der Waals surface area contributed by atoms with Crippen molar-refractivity contribution in [3.63, 3.8) is 0 Å². The molecule has 0 aliphatic heterocycles. The molecular formula is C19H24FN3O3. The van der Waals surface area contributed by atoms with Gasteiger partial charge in [-0.1, -0.05) is 13.8 Å². The van der Waals surface area contributed by atoms with E-state index in [1.807, 2.05) is 13.8 Å². The van der Waals surface area contributed by atoms with Crippen molar-refractivity contribution >= 4 is 11.8 Å². The molecule has 140 valence electrons. The van der Waals surface area contributed by atoms with Crippen LogP contribution in [0.15, 0.2) is 24.5 Å². The van der Waals surface area contributed by atoms with Crippen LogP contribution in [0.4, 0.5) is 14.9 Å². The topological polar surface area (TPSA) is 73.3 Å². The monoisotopic (exact) mass is 361 g/mol. The largest absolute Gasteiger partial charge is 0.494 e. The molecule has 0 spiro atoms. The molecule has 1 heterocycles. The summed E-state index contributed by atoms with van der Waals surface area (Å²) in [4.78, 5) is 20.7. The Hall–Kier alpha value is -2.70. The van der Waals surface area contributed by atoms with Crippen molar-refractivity contribution in [3.8, 4) is 17.0 Å². The Morgan fingerprint density at radius 2 is 1.88 bits per heavy atom. The lowest BCUT2D eigenvalue weighted by Gasteiger charge is -2.21. The third kappa shape index (κ3) is 4.91. The van der Waals surface area contributed by atoms with Crippen LogP contribution in [0.1, 0.15) is 46.2 Å². The van der Waals surface area contributed by atoms with Gasteiger partial charge in [-0.3, -0.25) is 15.3 Å². The van der Waals surface area contributed by atoms with Crippen LogP contribution >= 0.6 is 0 Å². The van der Waals surface area contributed by atoms with E-state index in [0.29, 0.717) is 11.3 Å².